The molecule has 0 atom stereocenters. The maximum atomic E-state index is 11.9. The minimum Gasteiger partial charge on any atom is -0.465 e. The quantitative estimate of drug-likeness (QED) is 0.391. The number of ether oxygens (including phenoxy) is 2. The summed E-state index contributed by atoms with van der Waals surface area (Å²) in [7, 11) is -1.47. The van der Waals surface area contributed by atoms with Gasteiger partial charge in [-0.1, -0.05) is 45.3 Å². The van der Waals surface area contributed by atoms with E-state index in [0.29, 0.717) is 13.2 Å². The zero-order chi connectivity index (χ0) is 14.9. The monoisotopic (exact) mass is 286 g/mol. The highest BCUT2D eigenvalue weighted by atomic mass is 28.3. The second-order valence-electron chi connectivity index (χ2n) is 5.54. The van der Waals surface area contributed by atoms with Crippen LogP contribution in [0, 0.1) is 5.92 Å². The fraction of sp³-hybridized carbons (Fsp3) is 0.714. The van der Waals surface area contributed by atoms with Crippen molar-refractivity contribution in [3.05, 3.63) is 11.8 Å². The highest BCUT2D eigenvalue weighted by Crippen LogP contribution is 2.11. The third-order valence-electron chi connectivity index (χ3n) is 2.19. The Morgan fingerprint density at radius 2 is 1.42 bits per heavy atom. The molecular formula is C14H26O4Si. The van der Waals surface area contributed by atoms with Gasteiger partial charge in [0.25, 0.3) is 0 Å². The number of hydrogen-bond acceptors (Lipinski definition) is 4. The van der Waals surface area contributed by atoms with Crippen molar-refractivity contribution in [2.24, 2.45) is 5.92 Å². The second-order valence-corrected chi connectivity index (χ2v) is 10.6. The van der Waals surface area contributed by atoms with E-state index in [1.54, 1.807) is 6.08 Å². The topological polar surface area (TPSA) is 52.6 Å². The van der Waals surface area contributed by atoms with Crippen LogP contribution in [0.25, 0.3) is 0 Å². The summed E-state index contributed by atoms with van der Waals surface area (Å²) in [6.45, 7) is 10.9. The highest BCUT2D eigenvalue weighted by molar-refractivity contribution is 6.81. The van der Waals surface area contributed by atoms with Crippen molar-refractivity contribution in [3.8, 4) is 0 Å². The van der Waals surface area contributed by atoms with E-state index in [4.69, 9.17) is 9.47 Å². The lowest BCUT2D eigenvalue weighted by Crippen LogP contribution is -2.28. The van der Waals surface area contributed by atoms with Crippen LogP contribution in [-0.2, 0) is 19.1 Å². The summed E-state index contributed by atoms with van der Waals surface area (Å²) in [5.41, 5.74) is 1.97. The Bertz CT molecular complexity index is 298. The van der Waals surface area contributed by atoms with Crippen molar-refractivity contribution in [1.29, 1.82) is 0 Å². The van der Waals surface area contributed by atoms with Crippen LogP contribution in [0.2, 0.25) is 19.6 Å². The lowest BCUT2D eigenvalue weighted by Gasteiger charge is -2.14. The van der Waals surface area contributed by atoms with Gasteiger partial charge in [-0.3, -0.25) is 9.59 Å². The van der Waals surface area contributed by atoms with Crippen LogP contribution in [0.3, 0.4) is 0 Å². The van der Waals surface area contributed by atoms with Gasteiger partial charge in [0, 0.05) is 0 Å². The normalized spacial score (nSPS) is 11.9. The second kappa shape index (κ2) is 8.91. The molecule has 0 amide bonds. The molecule has 0 unspecified atom stereocenters. The molecule has 0 fully saturated rings. The summed E-state index contributed by atoms with van der Waals surface area (Å²) in [6.07, 6.45) is 3.11. The Kier molecular flexibility index (Phi) is 8.39. The smallest absolute Gasteiger partial charge is 0.324 e. The van der Waals surface area contributed by atoms with E-state index in [-0.39, 0.29) is 0 Å². The molecular weight excluding hydrogens is 260 g/mol. The van der Waals surface area contributed by atoms with Gasteiger partial charge in [-0.25, -0.2) is 0 Å². The number of carbonyl (C=O) groups is 2. The van der Waals surface area contributed by atoms with Crippen molar-refractivity contribution in [2.45, 2.75) is 46.3 Å². The largest absolute Gasteiger partial charge is 0.465 e. The van der Waals surface area contributed by atoms with Gasteiger partial charge in [-0.2, -0.15) is 0 Å². The van der Waals surface area contributed by atoms with Crippen molar-refractivity contribution in [1.82, 2.24) is 0 Å². The molecule has 0 saturated carbocycles. The Morgan fingerprint density at radius 1 is 1.00 bits per heavy atom. The molecule has 0 aromatic carbocycles. The Hall–Kier alpha value is -1.10. The maximum absolute atomic E-state index is 11.9. The summed E-state index contributed by atoms with van der Waals surface area (Å²) in [5, 5.41) is 0. The maximum Gasteiger partial charge on any atom is 0.324 e. The molecule has 5 heteroatoms. The third-order valence-corrected chi connectivity index (χ3v) is 3.39. The van der Waals surface area contributed by atoms with Crippen LogP contribution in [-0.4, -0.2) is 33.2 Å². The first-order valence-electron chi connectivity index (χ1n) is 6.84. The Morgan fingerprint density at radius 3 is 1.74 bits per heavy atom. The van der Waals surface area contributed by atoms with E-state index in [1.165, 1.54) is 0 Å². The average Bonchev–Trinajstić information content (AvgIpc) is 2.32. The van der Waals surface area contributed by atoms with Crippen LogP contribution < -0.4 is 0 Å². The van der Waals surface area contributed by atoms with Gasteiger partial charge in [-0.15, -0.1) is 0 Å². The Balaban J connectivity index is 4.77. The molecule has 0 rings (SSSR count). The summed E-state index contributed by atoms with van der Waals surface area (Å²) in [5.74, 6) is -1.96. The van der Waals surface area contributed by atoms with Gasteiger partial charge in [0.2, 0.25) is 0 Å². The zero-order valence-electron chi connectivity index (χ0n) is 12.7. The predicted octanol–water partition coefficient (Wildman–Crippen LogP) is 2.94. The number of carbonyl (C=O) groups excluding carboxylic acids is 2. The molecule has 0 bridgehead atoms. The molecule has 0 aliphatic carbocycles. The summed E-state index contributed by atoms with van der Waals surface area (Å²) >= 11 is 0. The molecule has 0 spiro atoms. The predicted molar refractivity (Wildman–Crippen MR) is 78.5 cm³/mol. The first-order chi connectivity index (χ1) is 8.81. The van der Waals surface area contributed by atoms with Crippen LogP contribution in [0.15, 0.2) is 11.8 Å². The molecule has 0 aromatic heterocycles. The van der Waals surface area contributed by atoms with Gasteiger partial charge in [0.15, 0.2) is 5.92 Å². The number of esters is 2. The molecule has 0 saturated heterocycles. The fourth-order valence-corrected chi connectivity index (χ4v) is 1.99. The van der Waals surface area contributed by atoms with Crippen molar-refractivity contribution >= 4 is 20.0 Å². The van der Waals surface area contributed by atoms with Crippen molar-refractivity contribution < 1.29 is 19.1 Å². The van der Waals surface area contributed by atoms with Crippen LogP contribution in [0.1, 0.15) is 26.7 Å². The minimum atomic E-state index is -1.47. The molecule has 0 heterocycles. The zero-order valence-corrected chi connectivity index (χ0v) is 13.7. The molecule has 0 N–H and O–H groups in total. The summed E-state index contributed by atoms with van der Waals surface area (Å²) in [4.78, 5) is 23.7. The van der Waals surface area contributed by atoms with Crippen molar-refractivity contribution in [3.63, 3.8) is 0 Å². The number of rotatable bonds is 8. The summed E-state index contributed by atoms with van der Waals surface area (Å²) in [6, 6.07) is 0. The molecule has 0 radical (unpaired) electrons. The van der Waals surface area contributed by atoms with Crippen molar-refractivity contribution in [2.75, 3.05) is 13.2 Å². The van der Waals surface area contributed by atoms with Gasteiger partial charge in [-0.05, 0) is 12.8 Å². The van der Waals surface area contributed by atoms with Gasteiger partial charge < -0.3 is 9.47 Å². The van der Waals surface area contributed by atoms with Crippen LogP contribution in [0.5, 0.6) is 0 Å². The standard InChI is InChI=1S/C14H26O4Si/c1-6-9-17-13(15)12(8-11-19(3,4)5)14(16)18-10-7-2/h8,11-12H,6-7,9-10H2,1-5H3/b11-8+. The average molecular weight is 286 g/mol. The van der Waals surface area contributed by atoms with E-state index in [9.17, 15) is 9.59 Å². The summed E-state index contributed by atoms with van der Waals surface area (Å²) < 4.78 is 10.1. The molecule has 0 aliphatic heterocycles. The van der Waals surface area contributed by atoms with E-state index < -0.39 is 25.9 Å². The lowest BCUT2D eigenvalue weighted by atomic mass is 10.1. The molecule has 0 aromatic rings. The van der Waals surface area contributed by atoms with Crippen LogP contribution in [0.4, 0.5) is 0 Å². The lowest BCUT2D eigenvalue weighted by molar-refractivity contribution is -0.159. The first-order valence-corrected chi connectivity index (χ1v) is 10.4. The highest BCUT2D eigenvalue weighted by Gasteiger charge is 2.27. The van der Waals surface area contributed by atoms with E-state index in [0.717, 1.165) is 12.8 Å². The minimum absolute atomic E-state index is 0.331. The third kappa shape index (κ3) is 8.59. The van der Waals surface area contributed by atoms with Gasteiger partial charge >= 0.3 is 11.9 Å². The fourth-order valence-electron chi connectivity index (χ4n) is 1.22. The number of hydrogen-bond donors (Lipinski definition) is 0. The van der Waals surface area contributed by atoms with Crippen LogP contribution >= 0.6 is 0 Å². The Labute approximate surface area is 117 Å². The van der Waals surface area contributed by atoms with E-state index in [1.807, 2.05) is 19.5 Å². The van der Waals surface area contributed by atoms with E-state index in [2.05, 4.69) is 19.6 Å². The first kappa shape index (κ1) is 17.9. The molecule has 0 aliphatic rings. The molecule has 4 nitrogen and oxygen atoms in total. The molecule has 110 valence electrons. The van der Waals surface area contributed by atoms with Gasteiger partial charge in [0.05, 0.1) is 21.3 Å². The van der Waals surface area contributed by atoms with Gasteiger partial charge in [0.1, 0.15) is 0 Å². The SMILES string of the molecule is CCCOC(=O)C(/C=C/[Si](C)(C)C)C(=O)OCCC. The molecule has 19 heavy (non-hydrogen) atoms. The van der Waals surface area contributed by atoms with E-state index >= 15 is 0 Å².